The monoisotopic (exact) mass is 402 g/mol. The maximum atomic E-state index is 12.7. The second-order valence-electron chi connectivity index (χ2n) is 6.86. The van der Waals surface area contributed by atoms with Crippen LogP contribution in [0.1, 0.15) is 23.4 Å². The summed E-state index contributed by atoms with van der Waals surface area (Å²) in [6.07, 6.45) is 2.58. The zero-order valence-corrected chi connectivity index (χ0v) is 16.6. The molecule has 28 heavy (non-hydrogen) atoms. The van der Waals surface area contributed by atoms with E-state index < -0.39 is 0 Å². The smallest absolute Gasteiger partial charge is 0.322 e. The first-order valence-electron chi connectivity index (χ1n) is 9.14. The quantitative estimate of drug-likeness (QED) is 0.802. The Bertz CT molecular complexity index is 887. The molecule has 4 rings (SSSR count). The van der Waals surface area contributed by atoms with Gasteiger partial charge in [0, 0.05) is 47.6 Å². The average Bonchev–Trinajstić information content (AvgIpc) is 3.47. The van der Waals surface area contributed by atoms with Gasteiger partial charge in [0.05, 0.1) is 26.5 Å². The molecule has 0 radical (unpaired) electrons. The summed E-state index contributed by atoms with van der Waals surface area (Å²) in [6.45, 7) is 1.04. The van der Waals surface area contributed by atoms with Crippen molar-refractivity contribution in [2.24, 2.45) is 5.92 Å². The minimum absolute atomic E-state index is 0.0488. The first-order chi connectivity index (χ1) is 13.6. The maximum absolute atomic E-state index is 12.7. The molecular formula is C19H22N4O4S. The van der Waals surface area contributed by atoms with E-state index in [1.807, 2.05) is 0 Å². The highest BCUT2D eigenvalue weighted by molar-refractivity contribution is 7.15. The van der Waals surface area contributed by atoms with E-state index >= 15 is 0 Å². The van der Waals surface area contributed by atoms with E-state index in [-0.39, 0.29) is 17.9 Å². The lowest BCUT2D eigenvalue weighted by molar-refractivity contribution is -0.117. The Hall–Kier alpha value is -2.81. The van der Waals surface area contributed by atoms with E-state index in [0.717, 1.165) is 23.4 Å². The van der Waals surface area contributed by atoms with Gasteiger partial charge in [0.15, 0.2) is 5.13 Å². The van der Waals surface area contributed by atoms with Gasteiger partial charge in [-0.25, -0.2) is 9.78 Å². The number of methoxy groups -OCH3 is 2. The summed E-state index contributed by atoms with van der Waals surface area (Å²) < 4.78 is 10.5. The maximum Gasteiger partial charge on any atom is 0.322 e. The third-order valence-corrected chi connectivity index (χ3v) is 5.80. The molecule has 0 bridgehead atoms. The number of fused-ring (bicyclic) bond motifs is 1. The van der Waals surface area contributed by atoms with Gasteiger partial charge in [-0.3, -0.25) is 4.79 Å². The van der Waals surface area contributed by atoms with Crippen molar-refractivity contribution in [3.05, 3.63) is 28.8 Å². The largest absolute Gasteiger partial charge is 0.497 e. The number of carbonyl (C=O) groups is 2. The van der Waals surface area contributed by atoms with E-state index in [9.17, 15) is 9.59 Å². The number of carbonyl (C=O) groups excluding carboxylic acids is 2. The molecule has 1 aromatic heterocycles. The van der Waals surface area contributed by atoms with Gasteiger partial charge in [-0.2, -0.15) is 0 Å². The molecule has 9 heteroatoms. The molecule has 2 N–H and O–H groups in total. The van der Waals surface area contributed by atoms with Crippen molar-refractivity contribution in [1.82, 2.24) is 9.88 Å². The Labute approximate surface area is 166 Å². The Morgan fingerprint density at radius 3 is 2.50 bits per heavy atom. The molecule has 0 atom stereocenters. The fourth-order valence-corrected chi connectivity index (χ4v) is 4.08. The van der Waals surface area contributed by atoms with Gasteiger partial charge in [0.1, 0.15) is 11.5 Å². The summed E-state index contributed by atoms with van der Waals surface area (Å²) in [5, 5.41) is 6.41. The number of amides is 3. The van der Waals surface area contributed by atoms with Gasteiger partial charge in [0.25, 0.3) is 0 Å². The molecule has 0 unspecified atom stereocenters. The second-order valence-corrected chi connectivity index (χ2v) is 7.94. The van der Waals surface area contributed by atoms with Crippen LogP contribution < -0.4 is 20.1 Å². The second kappa shape index (κ2) is 7.67. The van der Waals surface area contributed by atoms with Gasteiger partial charge < -0.3 is 25.0 Å². The zero-order chi connectivity index (χ0) is 19.7. The number of urea groups is 1. The molecule has 1 saturated carbocycles. The number of rotatable bonds is 5. The van der Waals surface area contributed by atoms with Crippen LogP contribution in [0.25, 0.3) is 0 Å². The van der Waals surface area contributed by atoms with Crippen molar-refractivity contribution in [1.29, 1.82) is 0 Å². The molecule has 0 saturated heterocycles. The molecule has 148 valence electrons. The lowest BCUT2D eigenvalue weighted by Crippen LogP contribution is -2.38. The third kappa shape index (κ3) is 4.04. The molecule has 1 aliphatic heterocycles. The fraction of sp³-hybridized carbons (Fsp3) is 0.421. The highest BCUT2D eigenvalue weighted by atomic mass is 32.1. The molecule has 2 aliphatic rings. The van der Waals surface area contributed by atoms with Crippen LogP contribution in [0.4, 0.5) is 15.6 Å². The summed E-state index contributed by atoms with van der Waals surface area (Å²) >= 11 is 1.44. The summed E-state index contributed by atoms with van der Waals surface area (Å²) in [7, 11) is 3.13. The number of nitrogens with zero attached hydrogens (tertiary/aromatic N) is 2. The van der Waals surface area contributed by atoms with E-state index in [1.54, 1.807) is 37.3 Å². The topological polar surface area (TPSA) is 92.8 Å². The van der Waals surface area contributed by atoms with Crippen molar-refractivity contribution >= 4 is 34.1 Å². The molecule has 1 fully saturated rings. The van der Waals surface area contributed by atoms with Crippen LogP contribution in [0.2, 0.25) is 0 Å². The molecular weight excluding hydrogens is 380 g/mol. The summed E-state index contributed by atoms with van der Waals surface area (Å²) in [6, 6.07) is 5.04. The normalized spacial score (nSPS) is 15.6. The van der Waals surface area contributed by atoms with Crippen LogP contribution in [-0.4, -0.2) is 42.6 Å². The number of aromatic nitrogens is 1. The lowest BCUT2D eigenvalue weighted by Gasteiger charge is -2.26. The third-order valence-electron chi connectivity index (χ3n) is 4.80. The summed E-state index contributed by atoms with van der Waals surface area (Å²) in [5.74, 6) is 1.40. The number of hydrogen-bond acceptors (Lipinski definition) is 6. The Balaban J connectivity index is 1.41. The minimum Gasteiger partial charge on any atom is -0.497 e. The van der Waals surface area contributed by atoms with Crippen molar-refractivity contribution in [3.8, 4) is 11.5 Å². The van der Waals surface area contributed by atoms with E-state index in [4.69, 9.17) is 9.47 Å². The van der Waals surface area contributed by atoms with Crippen LogP contribution >= 0.6 is 11.3 Å². The molecule has 1 aromatic carbocycles. The number of hydrogen-bond donors (Lipinski definition) is 2. The van der Waals surface area contributed by atoms with Crippen LogP contribution in [0, 0.1) is 5.92 Å². The number of anilines is 2. The Morgan fingerprint density at radius 1 is 1.14 bits per heavy atom. The van der Waals surface area contributed by atoms with Crippen LogP contribution in [-0.2, 0) is 17.8 Å². The van der Waals surface area contributed by atoms with Crippen molar-refractivity contribution in [2.75, 3.05) is 31.4 Å². The highest BCUT2D eigenvalue weighted by Gasteiger charge is 2.31. The lowest BCUT2D eigenvalue weighted by atomic mass is 10.2. The Morgan fingerprint density at radius 2 is 1.86 bits per heavy atom. The predicted octanol–water partition coefficient (Wildman–Crippen LogP) is 3.10. The van der Waals surface area contributed by atoms with Crippen LogP contribution in [0.5, 0.6) is 11.5 Å². The van der Waals surface area contributed by atoms with Crippen molar-refractivity contribution in [3.63, 3.8) is 0 Å². The molecule has 2 heterocycles. The summed E-state index contributed by atoms with van der Waals surface area (Å²) in [4.78, 5) is 31.9. The molecule has 0 spiro atoms. The van der Waals surface area contributed by atoms with Crippen LogP contribution in [0.3, 0.4) is 0 Å². The zero-order valence-electron chi connectivity index (χ0n) is 15.8. The van der Waals surface area contributed by atoms with Gasteiger partial charge in [0.2, 0.25) is 5.91 Å². The summed E-state index contributed by atoms with van der Waals surface area (Å²) in [5.41, 5.74) is 1.57. The van der Waals surface area contributed by atoms with Gasteiger partial charge in [-0.05, 0) is 12.8 Å². The molecule has 2 aromatic rings. The van der Waals surface area contributed by atoms with Crippen LogP contribution in [0.15, 0.2) is 18.2 Å². The van der Waals surface area contributed by atoms with E-state index in [2.05, 4.69) is 15.6 Å². The molecule has 8 nitrogen and oxygen atoms in total. The number of benzene rings is 1. The fourth-order valence-electron chi connectivity index (χ4n) is 3.06. The number of ether oxygens (including phenoxy) is 2. The first kappa shape index (κ1) is 18.5. The van der Waals surface area contributed by atoms with Crippen molar-refractivity contribution in [2.45, 2.75) is 25.8 Å². The number of thiazole rings is 1. The molecule has 1 aliphatic carbocycles. The Kier molecular flexibility index (Phi) is 5.08. The molecule has 3 amide bonds. The van der Waals surface area contributed by atoms with Gasteiger partial charge in [-0.1, -0.05) is 11.3 Å². The highest BCUT2D eigenvalue weighted by Crippen LogP contribution is 2.33. The predicted molar refractivity (Wildman–Crippen MR) is 106 cm³/mol. The SMILES string of the molecule is COc1cc(NC(=O)N2CCc3nc(NC(=O)C4CC4)sc3C2)cc(OC)c1. The van der Waals surface area contributed by atoms with Gasteiger partial charge in [-0.15, -0.1) is 0 Å². The minimum atomic E-state index is -0.196. The van der Waals surface area contributed by atoms with Crippen molar-refractivity contribution < 1.29 is 19.1 Å². The van der Waals surface area contributed by atoms with E-state index in [1.165, 1.54) is 11.3 Å². The number of nitrogens with one attached hydrogen (secondary N) is 2. The van der Waals surface area contributed by atoms with E-state index in [0.29, 0.717) is 41.8 Å². The van der Waals surface area contributed by atoms with Gasteiger partial charge >= 0.3 is 6.03 Å². The average molecular weight is 402 g/mol. The standard InChI is InChI=1S/C19H22N4O4S/c1-26-13-7-12(8-14(9-13)27-2)20-19(25)23-6-5-15-16(10-23)28-18(21-15)22-17(24)11-3-4-11/h7-9,11H,3-6,10H2,1-2H3,(H,20,25)(H,21,22,24). The first-order valence-corrected chi connectivity index (χ1v) is 9.96.